The average Bonchev–Trinajstić information content (AvgIpc) is 2.98. The molecule has 3 aromatic carbocycles. The van der Waals surface area contributed by atoms with Crippen molar-refractivity contribution in [2.45, 2.75) is 51.6 Å². The number of Topliss-reactive ketones (excluding diaryl/α,β-unsaturated/α-hetero) is 1. The minimum absolute atomic E-state index is 0.000336. The van der Waals surface area contributed by atoms with E-state index in [9.17, 15) is 9.59 Å². The van der Waals surface area contributed by atoms with Gasteiger partial charge in [-0.3, -0.25) is 4.79 Å². The number of dihydropyridines is 1. The van der Waals surface area contributed by atoms with E-state index in [-0.39, 0.29) is 11.7 Å². The molecule has 0 bridgehead atoms. The van der Waals surface area contributed by atoms with Crippen LogP contribution in [0, 0.1) is 0 Å². The fraction of sp³-hybridized carbons (Fsp3) is 0.294. The van der Waals surface area contributed by atoms with Crippen LogP contribution in [0.25, 0.3) is 0 Å². The predicted molar refractivity (Wildman–Crippen MR) is 159 cm³/mol. The lowest BCUT2D eigenvalue weighted by molar-refractivity contribution is -0.139. The van der Waals surface area contributed by atoms with E-state index in [4.69, 9.17) is 25.8 Å². The van der Waals surface area contributed by atoms with Gasteiger partial charge in [0.15, 0.2) is 17.3 Å². The number of carbonyl (C=O) groups excluding carboxylic acids is 2. The van der Waals surface area contributed by atoms with Crippen molar-refractivity contribution < 1.29 is 23.8 Å². The summed E-state index contributed by atoms with van der Waals surface area (Å²) in [7, 11) is 1.58. The highest BCUT2D eigenvalue weighted by Crippen LogP contribution is 2.47. The molecular formula is C34H34ClNO5. The highest BCUT2D eigenvalue weighted by atomic mass is 35.5. The summed E-state index contributed by atoms with van der Waals surface area (Å²) >= 11 is 6.11. The van der Waals surface area contributed by atoms with Gasteiger partial charge < -0.3 is 19.5 Å². The van der Waals surface area contributed by atoms with Gasteiger partial charge in [-0.15, -0.1) is 0 Å². The number of hydrogen-bond donors (Lipinski definition) is 1. The first kappa shape index (κ1) is 28.5. The number of halogens is 1. The van der Waals surface area contributed by atoms with Crippen LogP contribution in [-0.2, 0) is 20.9 Å². The molecule has 0 spiro atoms. The number of hydrogen-bond acceptors (Lipinski definition) is 6. The summed E-state index contributed by atoms with van der Waals surface area (Å²) in [6, 6.07) is 23.1. The maximum absolute atomic E-state index is 13.9. The zero-order valence-electron chi connectivity index (χ0n) is 23.5. The molecule has 2 atom stereocenters. The summed E-state index contributed by atoms with van der Waals surface area (Å²) in [5.41, 5.74) is 5.42. The van der Waals surface area contributed by atoms with Gasteiger partial charge in [0.25, 0.3) is 0 Å². The molecule has 0 saturated heterocycles. The number of esters is 1. The highest BCUT2D eigenvalue weighted by Gasteiger charge is 2.41. The molecule has 5 rings (SSSR count). The van der Waals surface area contributed by atoms with Crippen LogP contribution in [0.3, 0.4) is 0 Å². The Morgan fingerprint density at radius 2 is 1.71 bits per heavy atom. The smallest absolute Gasteiger partial charge is 0.336 e. The topological polar surface area (TPSA) is 73.9 Å². The number of ether oxygens (including phenoxy) is 3. The maximum atomic E-state index is 13.9. The van der Waals surface area contributed by atoms with Crippen LogP contribution in [0.1, 0.15) is 61.6 Å². The Balaban J connectivity index is 1.52. The van der Waals surface area contributed by atoms with Crippen molar-refractivity contribution in [3.05, 3.63) is 117 Å². The van der Waals surface area contributed by atoms with Crippen LogP contribution in [0.4, 0.5) is 0 Å². The van der Waals surface area contributed by atoms with Crippen LogP contribution in [0.2, 0.25) is 5.02 Å². The Kier molecular flexibility index (Phi) is 8.79. The fourth-order valence-corrected chi connectivity index (χ4v) is 5.73. The van der Waals surface area contributed by atoms with Gasteiger partial charge in [0.2, 0.25) is 0 Å². The second-order valence-electron chi connectivity index (χ2n) is 10.4. The second kappa shape index (κ2) is 12.6. The number of methoxy groups -OCH3 is 1. The number of nitrogens with one attached hydrogen (secondary N) is 1. The quantitative estimate of drug-likeness (QED) is 0.273. The molecular weight excluding hydrogens is 538 g/mol. The number of rotatable bonds is 9. The van der Waals surface area contributed by atoms with E-state index in [1.165, 1.54) is 0 Å². The van der Waals surface area contributed by atoms with E-state index < -0.39 is 11.9 Å². The van der Waals surface area contributed by atoms with E-state index in [0.29, 0.717) is 65.8 Å². The third-order valence-electron chi connectivity index (χ3n) is 7.58. The van der Waals surface area contributed by atoms with Crippen molar-refractivity contribution in [2.24, 2.45) is 0 Å². The van der Waals surface area contributed by atoms with Crippen molar-refractivity contribution in [1.29, 1.82) is 0 Å². The minimum atomic E-state index is -0.591. The lowest BCUT2D eigenvalue weighted by Gasteiger charge is -2.37. The molecule has 212 valence electrons. The standard InChI is InChI=1S/C34H34ClNO5/c1-4-16-40-34(38)31-21(2)36-27-17-25(23-10-13-26(35)14-11-23)18-28(37)33(27)32(31)24-12-15-29(30(19-24)39-3)41-20-22-8-6-5-7-9-22/h5-15,19,25,32,36H,4,16-18,20H2,1-3H3/t25-,32+/m0/s1. The van der Waals surface area contributed by atoms with Crippen molar-refractivity contribution >= 4 is 23.4 Å². The molecule has 7 heteroatoms. The number of benzene rings is 3. The normalized spacial score (nSPS) is 18.5. The summed E-state index contributed by atoms with van der Waals surface area (Å²) in [5, 5.41) is 4.06. The lowest BCUT2D eigenvalue weighted by Crippen LogP contribution is -2.36. The SMILES string of the molecule is CCCOC(=O)C1=C(C)NC2=C(C(=O)C[C@@H](c3ccc(Cl)cc3)C2)[C@@H]1c1ccc(OCc2ccccc2)c(OC)c1. The van der Waals surface area contributed by atoms with Crippen LogP contribution >= 0.6 is 11.6 Å². The fourth-order valence-electron chi connectivity index (χ4n) is 5.60. The minimum Gasteiger partial charge on any atom is -0.493 e. The molecule has 0 saturated carbocycles. The number of carbonyl (C=O) groups is 2. The third kappa shape index (κ3) is 6.18. The molecule has 1 heterocycles. The summed E-state index contributed by atoms with van der Waals surface area (Å²) in [6.07, 6.45) is 1.68. The molecule has 1 aliphatic carbocycles. The first-order chi connectivity index (χ1) is 19.9. The van der Waals surface area contributed by atoms with Crippen molar-refractivity contribution in [2.75, 3.05) is 13.7 Å². The Morgan fingerprint density at radius 3 is 2.41 bits per heavy atom. The van der Waals surface area contributed by atoms with Crippen LogP contribution < -0.4 is 14.8 Å². The average molecular weight is 572 g/mol. The zero-order valence-corrected chi connectivity index (χ0v) is 24.3. The third-order valence-corrected chi connectivity index (χ3v) is 7.84. The van der Waals surface area contributed by atoms with Gasteiger partial charge in [-0.1, -0.05) is 67.1 Å². The monoisotopic (exact) mass is 571 g/mol. The number of ketones is 1. The van der Waals surface area contributed by atoms with Crippen molar-refractivity contribution in [3.63, 3.8) is 0 Å². The van der Waals surface area contributed by atoms with Gasteiger partial charge in [-0.05, 0) is 66.6 Å². The summed E-state index contributed by atoms with van der Waals surface area (Å²) in [6.45, 7) is 4.50. The molecule has 0 radical (unpaired) electrons. The van der Waals surface area contributed by atoms with E-state index in [1.54, 1.807) is 7.11 Å². The van der Waals surface area contributed by atoms with E-state index >= 15 is 0 Å². The van der Waals surface area contributed by atoms with Gasteiger partial charge in [-0.2, -0.15) is 0 Å². The first-order valence-corrected chi connectivity index (χ1v) is 14.3. The Hall–Kier alpha value is -4.03. The second-order valence-corrected chi connectivity index (χ2v) is 10.8. The molecule has 6 nitrogen and oxygen atoms in total. The van der Waals surface area contributed by atoms with E-state index in [0.717, 1.165) is 22.4 Å². The molecule has 1 aliphatic heterocycles. The van der Waals surface area contributed by atoms with Crippen molar-refractivity contribution in [1.82, 2.24) is 5.32 Å². The van der Waals surface area contributed by atoms with Gasteiger partial charge in [0.1, 0.15) is 6.61 Å². The molecule has 0 aromatic heterocycles. The van der Waals surface area contributed by atoms with Crippen molar-refractivity contribution in [3.8, 4) is 11.5 Å². The van der Waals surface area contributed by atoms with Crippen LogP contribution in [-0.4, -0.2) is 25.5 Å². The molecule has 3 aromatic rings. The molecule has 41 heavy (non-hydrogen) atoms. The largest absolute Gasteiger partial charge is 0.493 e. The molecule has 0 unspecified atom stereocenters. The number of allylic oxidation sites excluding steroid dienone is 3. The highest BCUT2D eigenvalue weighted by molar-refractivity contribution is 6.30. The maximum Gasteiger partial charge on any atom is 0.336 e. The molecule has 2 aliphatic rings. The summed E-state index contributed by atoms with van der Waals surface area (Å²) in [5.74, 6) is 0.102. The molecule has 0 fully saturated rings. The van der Waals surface area contributed by atoms with Gasteiger partial charge in [0, 0.05) is 34.3 Å². The molecule has 1 N–H and O–H groups in total. The van der Waals surface area contributed by atoms with Gasteiger partial charge in [-0.25, -0.2) is 4.79 Å². The summed E-state index contributed by atoms with van der Waals surface area (Å²) < 4.78 is 17.4. The van der Waals surface area contributed by atoms with Gasteiger partial charge >= 0.3 is 5.97 Å². The van der Waals surface area contributed by atoms with Crippen LogP contribution in [0.5, 0.6) is 11.5 Å². The summed E-state index contributed by atoms with van der Waals surface area (Å²) in [4.78, 5) is 27.3. The Bertz CT molecular complexity index is 1490. The molecule has 0 amide bonds. The van der Waals surface area contributed by atoms with E-state index in [1.807, 2.05) is 86.6 Å². The van der Waals surface area contributed by atoms with Gasteiger partial charge in [0.05, 0.1) is 19.3 Å². The zero-order chi connectivity index (χ0) is 28.9. The van der Waals surface area contributed by atoms with Crippen LogP contribution in [0.15, 0.2) is 95.3 Å². The Morgan fingerprint density at radius 1 is 0.976 bits per heavy atom. The Labute approximate surface area is 246 Å². The van der Waals surface area contributed by atoms with E-state index in [2.05, 4.69) is 5.32 Å². The first-order valence-electron chi connectivity index (χ1n) is 13.9. The predicted octanol–water partition coefficient (Wildman–Crippen LogP) is 7.24. The lowest BCUT2D eigenvalue weighted by atomic mass is 9.71.